The molecule has 0 radical (unpaired) electrons. The van der Waals surface area contributed by atoms with Gasteiger partial charge in [-0.2, -0.15) is 0 Å². The van der Waals surface area contributed by atoms with Crippen LogP contribution in [0.4, 0.5) is 14.5 Å². The maximum Gasteiger partial charge on any atom is 0.149 e. The van der Waals surface area contributed by atoms with Crippen LogP contribution in [-0.2, 0) is 6.61 Å². The molecule has 0 amide bonds. The molecule has 1 N–H and O–H groups in total. The summed E-state index contributed by atoms with van der Waals surface area (Å²) < 4.78 is 28.0. The van der Waals surface area contributed by atoms with Crippen LogP contribution in [0.1, 0.15) is 32.3 Å². The van der Waals surface area contributed by atoms with Crippen molar-refractivity contribution in [2.24, 2.45) is 5.92 Å². The van der Waals surface area contributed by atoms with Crippen LogP contribution < -0.4 is 4.90 Å². The molecule has 0 aromatic heterocycles. The fraction of sp³-hybridized carbons (Fsp3) is 0.571. The molecule has 0 atom stereocenters. The van der Waals surface area contributed by atoms with Crippen molar-refractivity contribution in [2.45, 2.75) is 39.3 Å². The van der Waals surface area contributed by atoms with Crippen LogP contribution in [0.15, 0.2) is 12.1 Å². The number of benzene rings is 1. The van der Waals surface area contributed by atoms with Gasteiger partial charge in [0.05, 0.1) is 6.61 Å². The SMILES string of the molecule is CC(C)N(CC1CC1)c1c(F)cc(CO)cc1F. The van der Waals surface area contributed by atoms with E-state index in [1.807, 2.05) is 13.8 Å². The van der Waals surface area contributed by atoms with Crippen molar-refractivity contribution in [3.05, 3.63) is 29.3 Å². The van der Waals surface area contributed by atoms with Gasteiger partial charge in [0.15, 0.2) is 0 Å². The quantitative estimate of drug-likeness (QED) is 0.874. The molecule has 1 aliphatic rings. The molecular weight excluding hydrogens is 236 g/mol. The van der Waals surface area contributed by atoms with Crippen molar-refractivity contribution in [2.75, 3.05) is 11.4 Å². The molecule has 4 heteroatoms. The number of hydrogen-bond acceptors (Lipinski definition) is 2. The largest absolute Gasteiger partial charge is 0.392 e. The van der Waals surface area contributed by atoms with Crippen molar-refractivity contribution >= 4 is 5.69 Å². The zero-order valence-corrected chi connectivity index (χ0v) is 10.8. The lowest BCUT2D eigenvalue weighted by Gasteiger charge is -2.30. The molecule has 1 aliphatic carbocycles. The Labute approximate surface area is 106 Å². The minimum atomic E-state index is -0.589. The summed E-state index contributed by atoms with van der Waals surface area (Å²) >= 11 is 0. The zero-order chi connectivity index (χ0) is 13.3. The van der Waals surface area contributed by atoms with Crippen molar-refractivity contribution in [1.29, 1.82) is 0 Å². The van der Waals surface area contributed by atoms with Crippen LogP contribution in [0.3, 0.4) is 0 Å². The Morgan fingerprint density at radius 3 is 2.22 bits per heavy atom. The number of anilines is 1. The fourth-order valence-electron chi connectivity index (χ4n) is 2.12. The zero-order valence-electron chi connectivity index (χ0n) is 10.8. The van der Waals surface area contributed by atoms with E-state index in [9.17, 15) is 8.78 Å². The number of aliphatic hydroxyl groups excluding tert-OH is 1. The van der Waals surface area contributed by atoms with Crippen LogP contribution in [0.25, 0.3) is 0 Å². The van der Waals surface area contributed by atoms with Gasteiger partial charge in [-0.05, 0) is 50.3 Å². The molecular formula is C14H19F2NO. The molecule has 1 fully saturated rings. The molecule has 2 nitrogen and oxygen atoms in total. The van der Waals surface area contributed by atoms with Gasteiger partial charge in [-0.25, -0.2) is 8.78 Å². The average molecular weight is 255 g/mol. The average Bonchev–Trinajstić information content (AvgIpc) is 3.10. The maximum absolute atomic E-state index is 14.0. The molecule has 1 aromatic carbocycles. The number of aliphatic hydroxyl groups is 1. The van der Waals surface area contributed by atoms with Gasteiger partial charge < -0.3 is 10.0 Å². The van der Waals surface area contributed by atoms with Crippen LogP contribution in [0, 0.1) is 17.6 Å². The highest BCUT2D eigenvalue weighted by Crippen LogP contribution is 2.34. The molecule has 2 rings (SSSR count). The molecule has 18 heavy (non-hydrogen) atoms. The highest BCUT2D eigenvalue weighted by Gasteiger charge is 2.28. The molecule has 0 spiro atoms. The Kier molecular flexibility index (Phi) is 3.85. The van der Waals surface area contributed by atoms with Gasteiger partial charge in [0.2, 0.25) is 0 Å². The first-order valence-electron chi connectivity index (χ1n) is 6.38. The normalized spacial score (nSPS) is 15.2. The van der Waals surface area contributed by atoms with Gasteiger partial charge in [-0.15, -0.1) is 0 Å². The Morgan fingerprint density at radius 2 is 1.83 bits per heavy atom. The van der Waals surface area contributed by atoms with Crippen molar-refractivity contribution in [1.82, 2.24) is 0 Å². The van der Waals surface area contributed by atoms with Crippen LogP contribution in [0.2, 0.25) is 0 Å². The van der Waals surface area contributed by atoms with Gasteiger partial charge in [-0.1, -0.05) is 0 Å². The topological polar surface area (TPSA) is 23.5 Å². The van der Waals surface area contributed by atoms with E-state index in [0.717, 1.165) is 12.8 Å². The van der Waals surface area contributed by atoms with E-state index in [4.69, 9.17) is 5.11 Å². The highest BCUT2D eigenvalue weighted by molar-refractivity contribution is 5.51. The Bertz CT molecular complexity index is 407. The number of hydrogen-bond donors (Lipinski definition) is 1. The molecule has 0 heterocycles. The number of nitrogens with zero attached hydrogens (tertiary/aromatic N) is 1. The summed E-state index contributed by atoms with van der Waals surface area (Å²) in [5, 5.41) is 8.93. The highest BCUT2D eigenvalue weighted by atomic mass is 19.1. The van der Waals surface area contributed by atoms with Crippen molar-refractivity contribution in [3.63, 3.8) is 0 Å². The summed E-state index contributed by atoms with van der Waals surface area (Å²) in [7, 11) is 0. The molecule has 1 aromatic rings. The summed E-state index contributed by atoms with van der Waals surface area (Å²) in [6.07, 6.45) is 2.28. The first kappa shape index (κ1) is 13.3. The van der Waals surface area contributed by atoms with Crippen LogP contribution in [0.5, 0.6) is 0 Å². The number of halogens is 2. The summed E-state index contributed by atoms with van der Waals surface area (Å²) in [5.41, 5.74) is 0.304. The predicted molar refractivity (Wildman–Crippen MR) is 67.5 cm³/mol. The van der Waals surface area contributed by atoms with Gasteiger partial charge in [-0.3, -0.25) is 0 Å². The standard InChI is InChI=1S/C14H19F2NO/c1-9(2)17(7-10-3-4-10)14-12(15)5-11(8-18)6-13(14)16/h5-6,9-10,18H,3-4,7-8H2,1-2H3. The molecule has 0 aliphatic heterocycles. The van der Waals surface area contributed by atoms with Gasteiger partial charge >= 0.3 is 0 Å². The van der Waals surface area contributed by atoms with E-state index in [1.54, 1.807) is 4.90 Å². The molecule has 100 valence electrons. The molecule has 0 saturated heterocycles. The van der Waals surface area contributed by atoms with E-state index < -0.39 is 11.6 Å². The van der Waals surface area contributed by atoms with E-state index in [0.29, 0.717) is 12.5 Å². The third kappa shape index (κ3) is 2.80. The second-order valence-electron chi connectivity index (χ2n) is 5.26. The van der Waals surface area contributed by atoms with Crippen LogP contribution >= 0.6 is 0 Å². The second kappa shape index (κ2) is 5.22. The third-order valence-electron chi connectivity index (χ3n) is 3.32. The lowest BCUT2D eigenvalue weighted by atomic mass is 10.1. The van der Waals surface area contributed by atoms with Gasteiger partial charge in [0.25, 0.3) is 0 Å². The second-order valence-corrected chi connectivity index (χ2v) is 5.26. The fourth-order valence-corrected chi connectivity index (χ4v) is 2.12. The summed E-state index contributed by atoms with van der Waals surface area (Å²) in [6.45, 7) is 4.21. The van der Waals surface area contributed by atoms with E-state index in [1.165, 1.54) is 12.1 Å². The van der Waals surface area contributed by atoms with Crippen molar-refractivity contribution < 1.29 is 13.9 Å². The minimum absolute atomic E-state index is 0.0362. The first-order valence-corrected chi connectivity index (χ1v) is 6.38. The Morgan fingerprint density at radius 1 is 1.28 bits per heavy atom. The first-order chi connectivity index (χ1) is 8.52. The Hall–Kier alpha value is -1.16. The minimum Gasteiger partial charge on any atom is -0.392 e. The Balaban J connectivity index is 2.33. The third-order valence-corrected chi connectivity index (χ3v) is 3.32. The van der Waals surface area contributed by atoms with Gasteiger partial charge in [0.1, 0.15) is 17.3 Å². The van der Waals surface area contributed by atoms with Crippen molar-refractivity contribution in [3.8, 4) is 0 Å². The smallest absolute Gasteiger partial charge is 0.149 e. The summed E-state index contributed by atoms with van der Waals surface area (Å²) in [5.74, 6) is -0.620. The van der Waals surface area contributed by atoms with E-state index >= 15 is 0 Å². The van der Waals surface area contributed by atoms with E-state index in [-0.39, 0.29) is 23.9 Å². The molecule has 0 bridgehead atoms. The van der Waals surface area contributed by atoms with Crippen LogP contribution in [-0.4, -0.2) is 17.7 Å². The lowest BCUT2D eigenvalue weighted by molar-refractivity contribution is 0.280. The molecule has 0 unspecified atom stereocenters. The molecule has 1 saturated carbocycles. The monoisotopic (exact) mass is 255 g/mol. The predicted octanol–water partition coefficient (Wildman–Crippen LogP) is 3.08. The van der Waals surface area contributed by atoms with Gasteiger partial charge in [0, 0.05) is 12.6 Å². The summed E-state index contributed by atoms with van der Waals surface area (Å²) in [6, 6.07) is 2.47. The maximum atomic E-state index is 14.0. The lowest BCUT2D eigenvalue weighted by Crippen LogP contribution is -2.34. The summed E-state index contributed by atoms with van der Waals surface area (Å²) in [4.78, 5) is 1.78. The number of rotatable bonds is 5. The van der Waals surface area contributed by atoms with E-state index in [2.05, 4.69) is 0 Å².